The van der Waals surface area contributed by atoms with Crippen molar-refractivity contribution >= 4 is 11.7 Å². The highest BCUT2D eigenvalue weighted by atomic mass is 19.4. The molecule has 4 rings (SSSR count). The van der Waals surface area contributed by atoms with Crippen LogP contribution in [0.25, 0.3) is 0 Å². The molecular formula is C19H18F3N3O. The molecular weight excluding hydrogens is 343 g/mol. The molecule has 0 unspecified atom stereocenters. The molecule has 2 aliphatic rings. The lowest BCUT2D eigenvalue weighted by molar-refractivity contribution is -0.137. The molecule has 1 saturated heterocycles. The number of nitrogens with one attached hydrogen (secondary N) is 1. The quantitative estimate of drug-likeness (QED) is 0.913. The van der Waals surface area contributed by atoms with E-state index in [0.29, 0.717) is 18.8 Å². The average molecular weight is 361 g/mol. The zero-order valence-corrected chi connectivity index (χ0v) is 14.0. The Morgan fingerprint density at radius 2 is 1.73 bits per heavy atom. The fourth-order valence-corrected chi connectivity index (χ4v) is 3.79. The molecule has 1 aliphatic heterocycles. The Kier molecular flexibility index (Phi) is 4.09. The Morgan fingerprint density at radius 3 is 2.31 bits per heavy atom. The highest BCUT2D eigenvalue weighted by Gasteiger charge is 2.37. The summed E-state index contributed by atoms with van der Waals surface area (Å²) in [5.41, 5.74) is 1.79. The molecule has 1 atom stereocenters. The number of carbonyl (C=O) groups is 1. The third-order valence-corrected chi connectivity index (χ3v) is 5.07. The van der Waals surface area contributed by atoms with Crippen molar-refractivity contribution < 1.29 is 18.0 Å². The number of fused-ring (bicyclic) bond motifs is 1. The number of nitrogens with zero attached hydrogens (tertiary/aromatic N) is 2. The van der Waals surface area contributed by atoms with Crippen LogP contribution < -0.4 is 5.32 Å². The van der Waals surface area contributed by atoms with Gasteiger partial charge in [0.1, 0.15) is 5.82 Å². The fraction of sp³-hybridized carbons (Fsp3) is 0.368. The van der Waals surface area contributed by atoms with Crippen molar-refractivity contribution in [2.75, 3.05) is 11.9 Å². The van der Waals surface area contributed by atoms with Gasteiger partial charge in [-0.1, -0.05) is 24.3 Å². The second-order valence-electron chi connectivity index (χ2n) is 6.85. The monoisotopic (exact) mass is 361 g/mol. The molecule has 136 valence electrons. The van der Waals surface area contributed by atoms with Crippen LogP contribution in [0.4, 0.5) is 19.0 Å². The average Bonchev–Trinajstić information content (AvgIpc) is 3.17. The van der Waals surface area contributed by atoms with Crippen molar-refractivity contribution in [1.29, 1.82) is 0 Å². The number of alkyl halides is 3. The standard InChI is InChI=1S/C19H18F3N3O/c20-19(21,22)14-5-6-17(23-10-14)24-15-9-18(26)25(11-15)16-7-12-3-1-2-4-13(12)8-16/h1-6,10,15-16H,7-9,11H2,(H,23,24)/t15-/m0/s1. The number of hydrogen-bond donors (Lipinski definition) is 1. The first-order valence-corrected chi connectivity index (χ1v) is 8.56. The number of rotatable bonds is 3. The van der Waals surface area contributed by atoms with Crippen LogP contribution in [-0.4, -0.2) is 34.4 Å². The summed E-state index contributed by atoms with van der Waals surface area (Å²) in [5.74, 6) is 0.430. The predicted molar refractivity (Wildman–Crippen MR) is 90.6 cm³/mol. The van der Waals surface area contributed by atoms with Crippen LogP contribution >= 0.6 is 0 Å². The Bertz CT molecular complexity index is 795. The molecule has 0 radical (unpaired) electrons. The van der Waals surface area contributed by atoms with Crippen molar-refractivity contribution in [2.45, 2.75) is 37.5 Å². The van der Waals surface area contributed by atoms with E-state index in [2.05, 4.69) is 22.4 Å². The van der Waals surface area contributed by atoms with Gasteiger partial charge < -0.3 is 10.2 Å². The zero-order chi connectivity index (χ0) is 18.3. The number of aromatic nitrogens is 1. The van der Waals surface area contributed by atoms with Crippen molar-refractivity contribution in [3.05, 3.63) is 59.3 Å². The maximum absolute atomic E-state index is 12.6. The second kappa shape index (κ2) is 6.30. The fourth-order valence-electron chi connectivity index (χ4n) is 3.79. The van der Waals surface area contributed by atoms with Crippen molar-refractivity contribution in [2.24, 2.45) is 0 Å². The van der Waals surface area contributed by atoms with E-state index in [1.807, 2.05) is 17.0 Å². The summed E-state index contributed by atoms with van der Waals surface area (Å²) < 4.78 is 37.8. The number of hydrogen-bond acceptors (Lipinski definition) is 3. The van der Waals surface area contributed by atoms with Crippen molar-refractivity contribution in [1.82, 2.24) is 9.88 Å². The summed E-state index contributed by atoms with van der Waals surface area (Å²) in [6.07, 6.45) is -1.55. The van der Waals surface area contributed by atoms with E-state index in [1.54, 1.807) is 0 Å². The van der Waals surface area contributed by atoms with Gasteiger partial charge in [0.05, 0.1) is 11.6 Å². The van der Waals surface area contributed by atoms with Crippen LogP contribution in [0.3, 0.4) is 0 Å². The third-order valence-electron chi connectivity index (χ3n) is 5.07. The van der Waals surface area contributed by atoms with Crippen LogP contribution in [0.15, 0.2) is 42.6 Å². The number of amides is 1. The second-order valence-corrected chi connectivity index (χ2v) is 6.85. The number of benzene rings is 1. The highest BCUT2D eigenvalue weighted by molar-refractivity contribution is 5.80. The number of likely N-dealkylation sites (tertiary alicyclic amines) is 1. The van der Waals surface area contributed by atoms with Gasteiger partial charge in [0.15, 0.2) is 0 Å². The zero-order valence-electron chi connectivity index (χ0n) is 14.0. The molecule has 1 fully saturated rings. The highest BCUT2D eigenvalue weighted by Crippen LogP contribution is 2.30. The summed E-state index contributed by atoms with van der Waals surface area (Å²) in [6.45, 7) is 0.542. The summed E-state index contributed by atoms with van der Waals surface area (Å²) in [4.78, 5) is 18.1. The maximum atomic E-state index is 12.6. The lowest BCUT2D eigenvalue weighted by Crippen LogP contribution is -2.38. The van der Waals surface area contributed by atoms with E-state index in [1.165, 1.54) is 17.2 Å². The molecule has 1 aromatic carbocycles. The van der Waals surface area contributed by atoms with Gasteiger partial charge in [-0.2, -0.15) is 13.2 Å². The Morgan fingerprint density at radius 1 is 1.04 bits per heavy atom. The van der Waals surface area contributed by atoms with Gasteiger partial charge >= 0.3 is 6.18 Å². The number of anilines is 1. The first-order valence-electron chi connectivity index (χ1n) is 8.56. The first-order chi connectivity index (χ1) is 12.4. The molecule has 1 aliphatic carbocycles. The minimum absolute atomic E-state index is 0.0761. The number of pyridine rings is 1. The normalized spacial score (nSPS) is 20.5. The molecule has 1 N–H and O–H groups in total. The Hall–Kier alpha value is -2.57. The summed E-state index contributed by atoms with van der Waals surface area (Å²) in [6, 6.07) is 10.5. The van der Waals surface area contributed by atoms with Gasteiger partial charge in [0.25, 0.3) is 0 Å². The summed E-state index contributed by atoms with van der Waals surface area (Å²) in [7, 11) is 0. The number of halogens is 3. The first kappa shape index (κ1) is 16.9. The topological polar surface area (TPSA) is 45.2 Å². The molecule has 1 aromatic heterocycles. The van der Waals surface area contributed by atoms with Crippen LogP contribution in [0.5, 0.6) is 0 Å². The molecule has 0 spiro atoms. The molecule has 4 nitrogen and oxygen atoms in total. The summed E-state index contributed by atoms with van der Waals surface area (Å²) in [5, 5.41) is 3.08. The number of carbonyl (C=O) groups excluding carboxylic acids is 1. The lowest BCUT2D eigenvalue weighted by atomic mass is 10.1. The molecule has 0 saturated carbocycles. The van der Waals surface area contributed by atoms with Crippen molar-refractivity contribution in [3.8, 4) is 0 Å². The van der Waals surface area contributed by atoms with Crippen LogP contribution in [0, 0.1) is 0 Å². The molecule has 7 heteroatoms. The predicted octanol–water partition coefficient (Wildman–Crippen LogP) is 3.28. The van der Waals surface area contributed by atoms with Crippen LogP contribution in [0.1, 0.15) is 23.1 Å². The van der Waals surface area contributed by atoms with E-state index in [4.69, 9.17) is 0 Å². The molecule has 2 heterocycles. The summed E-state index contributed by atoms with van der Waals surface area (Å²) >= 11 is 0. The maximum Gasteiger partial charge on any atom is 0.417 e. The minimum atomic E-state index is -4.40. The Balaban J connectivity index is 1.39. The van der Waals surface area contributed by atoms with Gasteiger partial charge in [-0.05, 0) is 36.1 Å². The smallest absolute Gasteiger partial charge is 0.365 e. The van der Waals surface area contributed by atoms with Crippen LogP contribution in [-0.2, 0) is 23.8 Å². The van der Waals surface area contributed by atoms with Gasteiger partial charge in [-0.3, -0.25) is 4.79 Å². The van der Waals surface area contributed by atoms with E-state index in [9.17, 15) is 18.0 Å². The van der Waals surface area contributed by atoms with Gasteiger partial charge in [-0.25, -0.2) is 4.98 Å². The minimum Gasteiger partial charge on any atom is -0.365 e. The van der Waals surface area contributed by atoms with E-state index >= 15 is 0 Å². The van der Waals surface area contributed by atoms with Gasteiger partial charge in [-0.15, -0.1) is 0 Å². The van der Waals surface area contributed by atoms with Crippen molar-refractivity contribution in [3.63, 3.8) is 0 Å². The van der Waals surface area contributed by atoms with Crippen LogP contribution in [0.2, 0.25) is 0 Å². The van der Waals surface area contributed by atoms with Gasteiger partial charge in [0.2, 0.25) is 5.91 Å². The molecule has 26 heavy (non-hydrogen) atoms. The van der Waals surface area contributed by atoms with Gasteiger partial charge in [0, 0.05) is 25.2 Å². The third kappa shape index (κ3) is 3.25. The Labute approximate surface area is 149 Å². The van der Waals surface area contributed by atoms with E-state index < -0.39 is 11.7 Å². The van der Waals surface area contributed by atoms with E-state index in [-0.39, 0.29) is 18.0 Å². The lowest BCUT2D eigenvalue weighted by Gasteiger charge is -2.24. The molecule has 1 amide bonds. The SMILES string of the molecule is O=C1C[C@H](Nc2ccc(C(F)(F)F)cn2)CN1C1Cc2ccccc2C1. The molecule has 2 aromatic rings. The largest absolute Gasteiger partial charge is 0.417 e. The van der Waals surface area contributed by atoms with E-state index in [0.717, 1.165) is 25.1 Å². The molecule has 0 bridgehead atoms.